The van der Waals surface area contributed by atoms with Crippen molar-refractivity contribution in [3.8, 4) is 11.5 Å². The van der Waals surface area contributed by atoms with E-state index in [2.05, 4.69) is 15.6 Å². The molecule has 0 fully saturated rings. The Kier molecular flexibility index (Phi) is 8.46. The van der Waals surface area contributed by atoms with Crippen molar-refractivity contribution in [3.05, 3.63) is 54.1 Å². The topological polar surface area (TPSA) is 123 Å². The summed E-state index contributed by atoms with van der Waals surface area (Å²) in [5.41, 5.74) is 5.64. The summed E-state index contributed by atoms with van der Waals surface area (Å²) in [6.07, 6.45) is 2.24. The molecule has 0 unspecified atom stereocenters. The van der Waals surface area contributed by atoms with Gasteiger partial charge < -0.3 is 9.47 Å². The summed E-state index contributed by atoms with van der Waals surface area (Å²) in [6.45, 7) is 1.08. The Bertz CT molecular complexity index is 1030. The van der Waals surface area contributed by atoms with E-state index in [1.165, 1.54) is 12.1 Å². The van der Waals surface area contributed by atoms with Crippen LogP contribution >= 0.6 is 0 Å². The molecule has 0 atom stereocenters. The van der Waals surface area contributed by atoms with Crippen molar-refractivity contribution in [2.45, 2.75) is 37.0 Å². The molecule has 0 saturated carbocycles. The van der Waals surface area contributed by atoms with Crippen LogP contribution in [0.3, 0.4) is 0 Å². The summed E-state index contributed by atoms with van der Waals surface area (Å²) in [7, 11) is -3.65. The highest BCUT2D eigenvalue weighted by molar-refractivity contribution is 7.89. The SMILES string of the molecule is O=C(CCCCCNS(=O)(=O)c1ccc2c(c1)OCCO2)NNC(=O)Cc1ccccc1. The number of hydrogen-bond acceptors (Lipinski definition) is 6. The standard InChI is InChI=1S/C22H27N3O6S/c26-21(24-25-22(27)15-17-7-3-1-4-8-17)9-5-2-6-12-23-32(28,29)18-10-11-19-20(16-18)31-14-13-30-19/h1,3-4,7-8,10-11,16,23H,2,5-6,9,12-15H2,(H,24,26)(H,25,27). The van der Waals surface area contributed by atoms with Gasteiger partial charge >= 0.3 is 0 Å². The van der Waals surface area contributed by atoms with Crippen molar-refractivity contribution < 1.29 is 27.5 Å². The molecular weight excluding hydrogens is 434 g/mol. The first-order valence-electron chi connectivity index (χ1n) is 10.4. The van der Waals surface area contributed by atoms with E-state index in [0.717, 1.165) is 5.56 Å². The molecule has 172 valence electrons. The van der Waals surface area contributed by atoms with Crippen LogP contribution in [0.4, 0.5) is 0 Å². The summed E-state index contributed by atoms with van der Waals surface area (Å²) in [5.74, 6) is 0.368. The second-order valence-corrected chi connectivity index (χ2v) is 9.04. The number of carbonyl (C=O) groups is 2. The third-order valence-electron chi connectivity index (χ3n) is 4.75. The molecule has 32 heavy (non-hydrogen) atoms. The van der Waals surface area contributed by atoms with Crippen LogP contribution in [0.1, 0.15) is 31.2 Å². The predicted octanol–water partition coefficient (Wildman–Crippen LogP) is 1.69. The van der Waals surface area contributed by atoms with E-state index < -0.39 is 10.0 Å². The first-order chi connectivity index (χ1) is 15.4. The van der Waals surface area contributed by atoms with Crippen molar-refractivity contribution >= 4 is 21.8 Å². The minimum Gasteiger partial charge on any atom is -0.486 e. The Morgan fingerprint density at radius 2 is 1.56 bits per heavy atom. The number of nitrogens with one attached hydrogen (secondary N) is 3. The lowest BCUT2D eigenvalue weighted by Gasteiger charge is -2.18. The number of fused-ring (bicyclic) bond motifs is 1. The first-order valence-corrected chi connectivity index (χ1v) is 11.9. The Morgan fingerprint density at radius 3 is 2.34 bits per heavy atom. The molecule has 1 heterocycles. The van der Waals surface area contributed by atoms with Gasteiger partial charge in [-0.2, -0.15) is 0 Å². The van der Waals surface area contributed by atoms with Crippen LogP contribution in [0.15, 0.2) is 53.4 Å². The molecule has 0 aromatic heterocycles. The maximum absolute atomic E-state index is 12.4. The Labute approximate surface area is 187 Å². The third-order valence-corrected chi connectivity index (χ3v) is 6.20. The average Bonchev–Trinajstić information content (AvgIpc) is 2.80. The van der Waals surface area contributed by atoms with E-state index in [1.54, 1.807) is 6.07 Å². The Morgan fingerprint density at radius 1 is 0.844 bits per heavy atom. The molecular formula is C22H27N3O6S. The molecule has 9 nitrogen and oxygen atoms in total. The average molecular weight is 462 g/mol. The fraction of sp³-hybridized carbons (Fsp3) is 0.364. The zero-order valence-corrected chi connectivity index (χ0v) is 18.4. The Balaban J connectivity index is 1.29. The van der Waals surface area contributed by atoms with Gasteiger partial charge in [0.1, 0.15) is 13.2 Å². The molecule has 3 N–H and O–H groups in total. The van der Waals surface area contributed by atoms with E-state index >= 15 is 0 Å². The number of amides is 2. The number of benzene rings is 2. The van der Waals surface area contributed by atoms with Crippen LogP contribution in [-0.2, 0) is 26.0 Å². The lowest BCUT2D eigenvalue weighted by molar-refractivity contribution is -0.128. The number of unbranched alkanes of at least 4 members (excludes halogenated alkanes) is 2. The van der Waals surface area contributed by atoms with Gasteiger partial charge in [-0.15, -0.1) is 0 Å². The summed E-state index contributed by atoms with van der Waals surface area (Å²) in [6, 6.07) is 13.7. The molecule has 3 rings (SSSR count). The summed E-state index contributed by atoms with van der Waals surface area (Å²) < 4.78 is 38.2. The van der Waals surface area contributed by atoms with E-state index in [1.807, 2.05) is 30.3 Å². The molecule has 2 aromatic rings. The molecule has 0 radical (unpaired) electrons. The third kappa shape index (κ3) is 7.24. The van der Waals surface area contributed by atoms with E-state index in [4.69, 9.17) is 9.47 Å². The highest BCUT2D eigenvalue weighted by Gasteiger charge is 2.18. The second kappa shape index (κ2) is 11.5. The fourth-order valence-electron chi connectivity index (χ4n) is 3.10. The normalized spacial score (nSPS) is 12.8. The maximum Gasteiger partial charge on any atom is 0.242 e. The van der Waals surface area contributed by atoms with Gasteiger partial charge in [0.05, 0.1) is 11.3 Å². The number of hydrogen-bond donors (Lipinski definition) is 3. The van der Waals surface area contributed by atoms with Crippen LogP contribution in [0.5, 0.6) is 11.5 Å². The molecule has 2 amide bonds. The number of rotatable bonds is 10. The van der Waals surface area contributed by atoms with Crippen molar-refractivity contribution in [2.75, 3.05) is 19.8 Å². The predicted molar refractivity (Wildman–Crippen MR) is 118 cm³/mol. The summed E-state index contributed by atoms with van der Waals surface area (Å²) in [4.78, 5) is 23.8. The highest BCUT2D eigenvalue weighted by atomic mass is 32.2. The van der Waals surface area contributed by atoms with Gasteiger partial charge in [-0.3, -0.25) is 20.4 Å². The lowest BCUT2D eigenvalue weighted by Crippen LogP contribution is -2.42. The minimum atomic E-state index is -3.65. The van der Waals surface area contributed by atoms with Crippen LogP contribution < -0.4 is 25.0 Å². The molecule has 1 aliphatic rings. The van der Waals surface area contributed by atoms with Crippen molar-refractivity contribution in [3.63, 3.8) is 0 Å². The van der Waals surface area contributed by atoms with E-state index in [-0.39, 0.29) is 36.1 Å². The van der Waals surface area contributed by atoms with Gasteiger partial charge in [0.15, 0.2) is 11.5 Å². The van der Waals surface area contributed by atoms with Gasteiger partial charge in [0.2, 0.25) is 21.8 Å². The van der Waals surface area contributed by atoms with Gasteiger partial charge in [-0.05, 0) is 30.5 Å². The second-order valence-electron chi connectivity index (χ2n) is 7.27. The van der Waals surface area contributed by atoms with Gasteiger partial charge in [-0.25, -0.2) is 13.1 Å². The first kappa shape index (κ1) is 23.6. The molecule has 10 heteroatoms. The summed E-state index contributed by atoms with van der Waals surface area (Å²) >= 11 is 0. The number of sulfonamides is 1. The molecule has 0 aliphatic carbocycles. The van der Waals surface area contributed by atoms with E-state index in [0.29, 0.717) is 44.0 Å². The van der Waals surface area contributed by atoms with Crippen LogP contribution in [-0.4, -0.2) is 40.0 Å². The van der Waals surface area contributed by atoms with E-state index in [9.17, 15) is 18.0 Å². The quantitative estimate of drug-likeness (QED) is 0.366. The van der Waals surface area contributed by atoms with Gasteiger partial charge in [-0.1, -0.05) is 36.8 Å². The lowest BCUT2D eigenvalue weighted by atomic mass is 10.1. The molecule has 0 spiro atoms. The Hall–Kier alpha value is -3.11. The zero-order chi connectivity index (χ0) is 22.8. The maximum atomic E-state index is 12.4. The van der Waals surface area contributed by atoms with Crippen molar-refractivity contribution in [1.29, 1.82) is 0 Å². The van der Waals surface area contributed by atoms with Crippen LogP contribution in [0.2, 0.25) is 0 Å². The number of ether oxygens (including phenoxy) is 2. The van der Waals surface area contributed by atoms with Crippen molar-refractivity contribution in [2.24, 2.45) is 0 Å². The molecule has 1 aliphatic heterocycles. The number of hydrazine groups is 1. The minimum absolute atomic E-state index is 0.118. The van der Waals surface area contributed by atoms with Crippen LogP contribution in [0, 0.1) is 0 Å². The monoisotopic (exact) mass is 461 g/mol. The molecule has 0 bridgehead atoms. The van der Waals surface area contributed by atoms with Gasteiger partial charge in [0.25, 0.3) is 0 Å². The summed E-state index contributed by atoms with van der Waals surface area (Å²) in [5, 5.41) is 0. The van der Waals surface area contributed by atoms with Gasteiger partial charge in [0, 0.05) is 19.0 Å². The van der Waals surface area contributed by atoms with Crippen LogP contribution in [0.25, 0.3) is 0 Å². The largest absolute Gasteiger partial charge is 0.486 e. The van der Waals surface area contributed by atoms with Crippen molar-refractivity contribution in [1.82, 2.24) is 15.6 Å². The molecule has 0 saturated heterocycles. The number of carbonyl (C=O) groups excluding carboxylic acids is 2. The fourth-order valence-corrected chi connectivity index (χ4v) is 4.18. The highest BCUT2D eigenvalue weighted by Crippen LogP contribution is 2.32. The zero-order valence-electron chi connectivity index (χ0n) is 17.6. The smallest absolute Gasteiger partial charge is 0.242 e. The molecule has 2 aromatic carbocycles.